The first-order valence-corrected chi connectivity index (χ1v) is 12.4. The Morgan fingerprint density at radius 2 is 1.24 bits per heavy atom. The monoisotopic (exact) mass is 489 g/mol. The highest BCUT2D eigenvalue weighted by atomic mass is 16.3. The lowest BCUT2D eigenvalue weighted by atomic mass is 10.1. The number of hydrogen-bond donors (Lipinski definition) is 0. The van der Waals surface area contributed by atoms with Gasteiger partial charge in [-0.25, -0.2) is 9.97 Å². The lowest BCUT2D eigenvalue weighted by Gasteiger charge is -2.11. The molecule has 0 saturated carbocycles. The van der Waals surface area contributed by atoms with Crippen LogP contribution < -0.4 is 0 Å². The molecule has 4 heterocycles. The maximum Gasteiger partial charge on any atom is 0.238 e. The van der Waals surface area contributed by atoms with Crippen LogP contribution in [0.3, 0.4) is 0 Å². The number of fused-ring (bicyclic) bond motifs is 6. The van der Waals surface area contributed by atoms with Gasteiger partial charge in [0.2, 0.25) is 11.7 Å². The van der Waals surface area contributed by atoms with Crippen LogP contribution in [-0.4, -0.2) is 24.5 Å². The summed E-state index contributed by atoms with van der Waals surface area (Å²) in [6.45, 7) is 0. The third-order valence-electron chi connectivity index (χ3n) is 6.95. The molecule has 0 saturated heterocycles. The second-order valence-corrected chi connectivity index (χ2v) is 9.16. The Balaban J connectivity index is 1.48. The maximum absolute atomic E-state index is 6.06. The molecule has 0 N–H and O–H groups in total. The van der Waals surface area contributed by atoms with E-state index in [1.54, 1.807) is 6.20 Å². The van der Waals surface area contributed by atoms with Crippen LogP contribution in [0.1, 0.15) is 0 Å². The van der Waals surface area contributed by atoms with E-state index in [9.17, 15) is 0 Å². The third-order valence-corrected chi connectivity index (χ3v) is 6.95. The van der Waals surface area contributed by atoms with E-state index in [4.69, 9.17) is 19.4 Å². The van der Waals surface area contributed by atoms with Gasteiger partial charge in [0.05, 0.1) is 11.0 Å². The molecule has 0 spiro atoms. The average molecular weight is 490 g/mol. The molecule has 178 valence electrons. The molecule has 38 heavy (non-hydrogen) atoms. The van der Waals surface area contributed by atoms with Crippen molar-refractivity contribution in [3.8, 4) is 28.7 Å². The number of furan rings is 1. The van der Waals surface area contributed by atoms with Gasteiger partial charge in [-0.1, -0.05) is 78.9 Å². The molecule has 0 unspecified atom stereocenters. The molecule has 0 aliphatic heterocycles. The first kappa shape index (κ1) is 20.8. The number of pyridine rings is 1. The summed E-state index contributed by atoms with van der Waals surface area (Å²) in [5.41, 5.74) is 5.22. The first-order chi connectivity index (χ1) is 18.8. The van der Waals surface area contributed by atoms with Crippen molar-refractivity contribution in [3.63, 3.8) is 0 Å². The molecule has 6 nitrogen and oxygen atoms in total. The highest BCUT2D eigenvalue weighted by Crippen LogP contribution is 2.36. The van der Waals surface area contributed by atoms with Crippen molar-refractivity contribution in [3.05, 3.63) is 115 Å². The Morgan fingerprint density at radius 1 is 0.553 bits per heavy atom. The molecular weight excluding hydrogens is 470 g/mol. The van der Waals surface area contributed by atoms with E-state index in [0.717, 1.165) is 49.3 Å². The summed E-state index contributed by atoms with van der Waals surface area (Å²) >= 11 is 0. The van der Waals surface area contributed by atoms with Gasteiger partial charge in [0.25, 0.3) is 0 Å². The van der Waals surface area contributed by atoms with E-state index >= 15 is 0 Å². The first-order valence-electron chi connectivity index (χ1n) is 12.4. The van der Waals surface area contributed by atoms with Gasteiger partial charge >= 0.3 is 0 Å². The maximum atomic E-state index is 6.06. The second-order valence-electron chi connectivity index (χ2n) is 9.16. The molecule has 0 amide bonds. The highest BCUT2D eigenvalue weighted by Gasteiger charge is 2.20. The van der Waals surface area contributed by atoms with E-state index < -0.39 is 0 Å². The Kier molecular flexibility index (Phi) is 4.42. The Bertz CT molecular complexity index is 2090. The molecule has 6 heteroatoms. The van der Waals surface area contributed by atoms with E-state index in [1.807, 2.05) is 72.8 Å². The predicted molar refractivity (Wildman–Crippen MR) is 150 cm³/mol. The minimum Gasteiger partial charge on any atom is -0.438 e. The van der Waals surface area contributed by atoms with Crippen LogP contribution in [0.25, 0.3) is 72.6 Å². The van der Waals surface area contributed by atoms with Crippen molar-refractivity contribution < 1.29 is 4.42 Å². The Hall–Kier alpha value is -5.36. The van der Waals surface area contributed by atoms with Crippen molar-refractivity contribution in [1.29, 1.82) is 0 Å². The Labute approximate surface area is 216 Å². The number of aromatic nitrogens is 5. The van der Waals surface area contributed by atoms with Crippen LogP contribution in [0.15, 0.2) is 120 Å². The number of benzene rings is 4. The lowest BCUT2D eigenvalue weighted by molar-refractivity contribution is 0.654. The zero-order valence-electron chi connectivity index (χ0n) is 20.1. The summed E-state index contributed by atoms with van der Waals surface area (Å²) < 4.78 is 8.18. The summed E-state index contributed by atoms with van der Waals surface area (Å²) in [7, 11) is 0. The van der Waals surface area contributed by atoms with Gasteiger partial charge in [0, 0.05) is 38.9 Å². The zero-order valence-corrected chi connectivity index (χ0v) is 20.1. The number of rotatable bonds is 3. The van der Waals surface area contributed by atoms with Gasteiger partial charge in [-0.05, 0) is 30.3 Å². The quantitative estimate of drug-likeness (QED) is 0.256. The fourth-order valence-electron chi connectivity index (χ4n) is 5.29. The SMILES string of the molecule is c1ccc(-c2nc(-c3cccc4oc5ncccc5c34)nc(-n3c4ccccc4c4ccccc43)n2)cc1. The standard InChI is InChI=1S/C32H19N5O/c1-2-10-20(11-3-1)29-34-30(23-14-8-18-27-28(23)24-15-9-19-33-31(24)38-27)36-32(35-29)37-25-16-6-4-12-21(25)22-13-5-7-17-26(22)37/h1-19H. The van der Waals surface area contributed by atoms with Crippen molar-refractivity contribution >= 4 is 43.9 Å². The fourth-order valence-corrected chi connectivity index (χ4v) is 5.29. The van der Waals surface area contributed by atoms with Crippen molar-refractivity contribution in [2.45, 2.75) is 0 Å². The van der Waals surface area contributed by atoms with Gasteiger partial charge in [0.15, 0.2) is 11.6 Å². The average Bonchev–Trinajstić information content (AvgIpc) is 3.53. The molecule has 0 radical (unpaired) electrons. The fraction of sp³-hybridized carbons (Fsp3) is 0. The van der Waals surface area contributed by atoms with Crippen LogP contribution in [-0.2, 0) is 0 Å². The minimum absolute atomic E-state index is 0.564. The summed E-state index contributed by atoms with van der Waals surface area (Å²) in [5, 5.41) is 4.17. The normalized spacial score (nSPS) is 11.7. The smallest absolute Gasteiger partial charge is 0.238 e. The largest absolute Gasteiger partial charge is 0.438 e. The molecule has 8 rings (SSSR count). The van der Waals surface area contributed by atoms with Crippen LogP contribution in [0.2, 0.25) is 0 Å². The van der Waals surface area contributed by atoms with Crippen LogP contribution >= 0.6 is 0 Å². The van der Waals surface area contributed by atoms with E-state index in [-0.39, 0.29) is 0 Å². The molecule has 4 aromatic heterocycles. The molecule has 8 aromatic rings. The van der Waals surface area contributed by atoms with E-state index in [0.29, 0.717) is 23.3 Å². The van der Waals surface area contributed by atoms with Crippen LogP contribution in [0, 0.1) is 0 Å². The van der Waals surface area contributed by atoms with Crippen molar-refractivity contribution in [2.75, 3.05) is 0 Å². The van der Waals surface area contributed by atoms with E-state index in [2.05, 4.69) is 45.9 Å². The molecule has 0 fully saturated rings. The second kappa shape index (κ2) is 8.08. The van der Waals surface area contributed by atoms with Crippen molar-refractivity contribution in [2.24, 2.45) is 0 Å². The van der Waals surface area contributed by atoms with Gasteiger partial charge in [-0.3, -0.25) is 4.57 Å². The van der Waals surface area contributed by atoms with E-state index in [1.165, 1.54) is 0 Å². The number of para-hydroxylation sites is 2. The third kappa shape index (κ3) is 3.07. The molecule has 0 aliphatic rings. The van der Waals surface area contributed by atoms with Gasteiger partial charge < -0.3 is 4.42 Å². The van der Waals surface area contributed by atoms with Gasteiger partial charge in [-0.2, -0.15) is 9.97 Å². The van der Waals surface area contributed by atoms with Gasteiger partial charge in [0.1, 0.15) is 5.58 Å². The van der Waals surface area contributed by atoms with Crippen LogP contribution in [0.4, 0.5) is 0 Å². The number of hydrogen-bond acceptors (Lipinski definition) is 5. The van der Waals surface area contributed by atoms with Crippen LogP contribution in [0.5, 0.6) is 0 Å². The minimum atomic E-state index is 0.564. The number of nitrogens with zero attached hydrogens (tertiary/aromatic N) is 5. The lowest BCUT2D eigenvalue weighted by Crippen LogP contribution is -2.06. The van der Waals surface area contributed by atoms with Gasteiger partial charge in [-0.15, -0.1) is 0 Å². The molecule has 0 bridgehead atoms. The Morgan fingerprint density at radius 3 is 2.03 bits per heavy atom. The highest BCUT2D eigenvalue weighted by molar-refractivity contribution is 6.11. The summed E-state index contributed by atoms with van der Waals surface area (Å²) in [6.07, 6.45) is 1.74. The summed E-state index contributed by atoms with van der Waals surface area (Å²) in [5.74, 6) is 1.75. The summed E-state index contributed by atoms with van der Waals surface area (Å²) in [6, 6.07) is 36.6. The topological polar surface area (TPSA) is 69.6 Å². The predicted octanol–water partition coefficient (Wildman–Crippen LogP) is 7.60. The summed E-state index contributed by atoms with van der Waals surface area (Å²) in [4.78, 5) is 19.5. The molecule has 4 aromatic carbocycles. The van der Waals surface area contributed by atoms with Crippen molar-refractivity contribution in [1.82, 2.24) is 24.5 Å². The molecular formula is C32H19N5O. The molecule has 0 atom stereocenters. The molecule has 0 aliphatic carbocycles. The zero-order chi connectivity index (χ0) is 25.1.